The van der Waals surface area contributed by atoms with Gasteiger partial charge in [0.2, 0.25) is 0 Å². The number of rotatable bonds is 4. The summed E-state index contributed by atoms with van der Waals surface area (Å²) in [6.45, 7) is 6.07. The summed E-state index contributed by atoms with van der Waals surface area (Å²) >= 11 is 0. The fourth-order valence-corrected chi connectivity index (χ4v) is 1.34. The Morgan fingerprint density at radius 1 is 1.64 bits per heavy atom. The quantitative estimate of drug-likeness (QED) is 0.740. The molecule has 0 spiro atoms. The Kier molecular flexibility index (Phi) is 3.38. The lowest BCUT2D eigenvalue weighted by atomic mass is 10.0. The molecule has 0 radical (unpaired) electrons. The van der Waals surface area contributed by atoms with Gasteiger partial charge in [0.15, 0.2) is 0 Å². The molecule has 0 aliphatic heterocycles. The molecular formula is C12H17NO. The highest BCUT2D eigenvalue weighted by Gasteiger charge is 2.21. The highest BCUT2D eigenvalue weighted by molar-refractivity contribution is 5.12. The van der Waals surface area contributed by atoms with Crippen LogP contribution in [-0.4, -0.2) is 5.54 Å². The molecule has 1 unspecified atom stereocenters. The Morgan fingerprint density at radius 2 is 2.36 bits per heavy atom. The topological polar surface area (TPSA) is 25.2 Å². The second-order valence-electron chi connectivity index (χ2n) is 3.89. The zero-order valence-electron chi connectivity index (χ0n) is 9.00. The van der Waals surface area contributed by atoms with E-state index in [4.69, 9.17) is 10.8 Å². The molecule has 0 aliphatic rings. The molecule has 1 aromatic heterocycles. The van der Waals surface area contributed by atoms with Gasteiger partial charge in [0, 0.05) is 0 Å². The van der Waals surface area contributed by atoms with Crippen LogP contribution in [0.1, 0.15) is 39.0 Å². The van der Waals surface area contributed by atoms with E-state index in [9.17, 15) is 0 Å². The molecule has 0 saturated heterocycles. The molecule has 0 aliphatic carbocycles. The molecule has 0 aromatic carbocycles. The lowest BCUT2D eigenvalue weighted by Crippen LogP contribution is -2.40. The third-order valence-electron chi connectivity index (χ3n) is 2.19. The van der Waals surface area contributed by atoms with Crippen LogP contribution in [-0.2, 0) is 0 Å². The highest BCUT2D eigenvalue weighted by Crippen LogP contribution is 2.19. The van der Waals surface area contributed by atoms with Gasteiger partial charge in [0.05, 0.1) is 17.8 Å². The van der Waals surface area contributed by atoms with Crippen molar-refractivity contribution < 1.29 is 4.42 Å². The van der Waals surface area contributed by atoms with E-state index in [1.54, 1.807) is 6.26 Å². The van der Waals surface area contributed by atoms with Crippen molar-refractivity contribution in [3.8, 4) is 12.3 Å². The summed E-state index contributed by atoms with van der Waals surface area (Å²) < 4.78 is 5.35. The van der Waals surface area contributed by atoms with Crippen molar-refractivity contribution in [1.29, 1.82) is 0 Å². The van der Waals surface area contributed by atoms with E-state index < -0.39 is 0 Å². The molecule has 1 aromatic rings. The maximum Gasteiger partial charge on any atom is 0.120 e. The molecule has 1 atom stereocenters. The molecule has 14 heavy (non-hydrogen) atoms. The van der Waals surface area contributed by atoms with Gasteiger partial charge in [0.25, 0.3) is 0 Å². The largest absolute Gasteiger partial charge is 0.468 e. The highest BCUT2D eigenvalue weighted by atomic mass is 16.3. The van der Waals surface area contributed by atoms with E-state index in [0.717, 1.165) is 12.2 Å². The van der Waals surface area contributed by atoms with Crippen LogP contribution in [0, 0.1) is 12.3 Å². The summed E-state index contributed by atoms with van der Waals surface area (Å²) in [5, 5.41) is 3.37. The van der Waals surface area contributed by atoms with Crippen molar-refractivity contribution in [1.82, 2.24) is 5.32 Å². The van der Waals surface area contributed by atoms with Crippen LogP contribution in [0.2, 0.25) is 0 Å². The third-order valence-corrected chi connectivity index (χ3v) is 2.19. The molecule has 1 N–H and O–H groups in total. The number of terminal acetylenes is 1. The van der Waals surface area contributed by atoms with Gasteiger partial charge >= 0.3 is 0 Å². The molecule has 76 valence electrons. The zero-order valence-corrected chi connectivity index (χ0v) is 9.00. The molecule has 2 heteroatoms. The van der Waals surface area contributed by atoms with Gasteiger partial charge in [-0.3, -0.25) is 5.32 Å². The minimum Gasteiger partial charge on any atom is -0.468 e. The van der Waals surface area contributed by atoms with Crippen molar-refractivity contribution >= 4 is 0 Å². The molecule has 2 nitrogen and oxygen atoms in total. The Labute approximate surface area is 85.7 Å². The first kappa shape index (κ1) is 10.9. The van der Waals surface area contributed by atoms with E-state index in [2.05, 4.69) is 18.2 Å². The van der Waals surface area contributed by atoms with Crippen molar-refractivity contribution in [2.24, 2.45) is 0 Å². The Morgan fingerprint density at radius 3 is 2.79 bits per heavy atom. The van der Waals surface area contributed by atoms with Gasteiger partial charge in [-0.05, 0) is 32.4 Å². The fraction of sp³-hybridized carbons (Fsp3) is 0.500. The van der Waals surface area contributed by atoms with Crippen LogP contribution >= 0.6 is 0 Å². The summed E-state index contributed by atoms with van der Waals surface area (Å²) in [4.78, 5) is 0. The molecule has 0 saturated carbocycles. The molecular weight excluding hydrogens is 174 g/mol. The summed E-state index contributed by atoms with van der Waals surface area (Å²) in [5.41, 5.74) is -0.298. The Hall–Kier alpha value is -1.20. The van der Waals surface area contributed by atoms with Crippen molar-refractivity contribution in [3.63, 3.8) is 0 Å². The third kappa shape index (κ3) is 2.65. The van der Waals surface area contributed by atoms with E-state index >= 15 is 0 Å². The first-order valence-electron chi connectivity index (χ1n) is 4.88. The van der Waals surface area contributed by atoms with E-state index in [1.165, 1.54) is 0 Å². The first-order chi connectivity index (χ1) is 6.59. The summed E-state index contributed by atoms with van der Waals surface area (Å²) in [7, 11) is 0. The lowest BCUT2D eigenvalue weighted by Gasteiger charge is -2.25. The van der Waals surface area contributed by atoms with Gasteiger partial charge < -0.3 is 4.42 Å². The van der Waals surface area contributed by atoms with Crippen molar-refractivity contribution in [3.05, 3.63) is 24.2 Å². The molecule has 1 rings (SSSR count). The normalized spacial score (nSPS) is 13.6. The van der Waals surface area contributed by atoms with Gasteiger partial charge in [-0.1, -0.05) is 12.8 Å². The van der Waals surface area contributed by atoms with Gasteiger partial charge in [-0.25, -0.2) is 0 Å². The Balaban J connectivity index is 2.71. The zero-order chi connectivity index (χ0) is 10.6. The average Bonchev–Trinajstić information content (AvgIpc) is 2.67. The molecule has 0 bridgehead atoms. The smallest absolute Gasteiger partial charge is 0.120 e. The fourth-order valence-electron chi connectivity index (χ4n) is 1.34. The minimum atomic E-state index is -0.298. The number of furan rings is 1. The molecule has 0 amide bonds. The van der Waals surface area contributed by atoms with Crippen LogP contribution in [0.3, 0.4) is 0 Å². The van der Waals surface area contributed by atoms with Crippen LogP contribution in [0.4, 0.5) is 0 Å². The van der Waals surface area contributed by atoms with Crippen LogP contribution in [0.5, 0.6) is 0 Å². The minimum absolute atomic E-state index is 0.191. The van der Waals surface area contributed by atoms with Crippen molar-refractivity contribution in [2.75, 3.05) is 0 Å². The summed E-state index contributed by atoms with van der Waals surface area (Å²) in [6.07, 6.45) is 8.06. The SMILES string of the molecule is C#CC(C)(C)NC(CC)c1ccco1. The number of hydrogen-bond acceptors (Lipinski definition) is 2. The Bertz CT molecular complexity index is 306. The van der Waals surface area contributed by atoms with Gasteiger partial charge in [-0.2, -0.15) is 0 Å². The van der Waals surface area contributed by atoms with Gasteiger partial charge in [-0.15, -0.1) is 6.42 Å². The number of nitrogens with one attached hydrogen (secondary N) is 1. The van der Waals surface area contributed by atoms with E-state index in [1.807, 2.05) is 26.0 Å². The van der Waals surface area contributed by atoms with E-state index in [-0.39, 0.29) is 11.6 Å². The monoisotopic (exact) mass is 191 g/mol. The van der Waals surface area contributed by atoms with Crippen molar-refractivity contribution in [2.45, 2.75) is 38.8 Å². The summed E-state index contributed by atoms with van der Waals surface area (Å²) in [5.74, 6) is 3.66. The van der Waals surface area contributed by atoms with Crippen LogP contribution < -0.4 is 5.32 Å². The maximum atomic E-state index is 5.42. The van der Waals surface area contributed by atoms with Crippen LogP contribution in [0.25, 0.3) is 0 Å². The standard InChI is InChI=1S/C12H17NO/c1-5-10(11-8-7-9-14-11)13-12(3,4)6-2/h2,7-10,13H,5H2,1,3-4H3. The predicted octanol–water partition coefficient (Wildman–Crippen LogP) is 2.73. The molecule has 1 heterocycles. The average molecular weight is 191 g/mol. The van der Waals surface area contributed by atoms with E-state index in [0.29, 0.717) is 0 Å². The maximum absolute atomic E-state index is 5.42. The second kappa shape index (κ2) is 4.34. The summed E-state index contributed by atoms with van der Waals surface area (Å²) in [6, 6.07) is 4.05. The number of hydrogen-bond donors (Lipinski definition) is 1. The first-order valence-corrected chi connectivity index (χ1v) is 4.88. The lowest BCUT2D eigenvalue weighted by molar-refractivity contribution is 0.348. The van der Waals surface area contributed by atoms with Gasteiger partial charge in [0.1, 0.15) is 5.76 Å². The van der Waals surface area contributed by atoms with Crippen LogP contribution in [0.15, 0.2) is 22.8 Å². The second-order valence-corrected chi connectivity index (χ2v) is 3.89. The predicted molar refractivity (Wildman–Crippen MR) is 57.8 cm³/mol. The molecule has 0 fully saturated rings.